The van der Waals surface area contributed by atoms with E-state index >= 15 is 0 Å². The molecule has 8 heteroatoms. The maximum atomic E-state index is 12.9. The molecular formula is C26H23ClN2O5. The minimum atomic E-state index is -1.18. The van der Waals surface area contributed by atoms with Crippen LogP contribution in [0.5, 0.6) is 0 Å². The smallest absolute Gasteiger partial charge is 0.407 e. The number of halogens is 1. The van der Waals surface area contributed by atoms with Gasteiger partial charge in [0.25, 0.3) is 0 Å². The largest absolute Gasteiger partial charge is 0.480 e. The Morgan fingerprint density at radius 3 is 2.09 bits per heavy atom. The number of carbonyl (C=O) groups excluding carboxylic acids is 2. The summed E-state index contributed by atoms with van der Waals surface area (Å²) >= 11 is 5.89. The van der Waals surface area contributed by atoms with Gasteiger partial charge in [-0.05, 0) is 53.4 Å². The van der Waals surface area contributed by atoms with Crippen LogP contribution < -0.4 is 10.2 Å². The maximum absolute atomic E-state index is 12.9. The summed E-state index contributed by atoms with van der Waals surface area (Å²) in [4.78, 5) is 37.9. The lowest BCUT2D eigenvalue weighted by Gasteiger charge is -2.25. The van der Waals surface area contributed by atoms with Crippen molar-refractivity contribution in [1.29, 1.82) is 0 Å². The average molecular weight is 479 g/mol. The molecule has 7 nitrogen and oxygen atoms in total. The zero-order valence-corrected chi connectivity index (χ0v) is 19.2. The van der Waals surface area contributed by atoms with E-state index in [9.17, 15) is 19.5 Å². The Balaban J connectivity index is 1.42. The molecule has 0 aliphatic heterocycles. The zero-order chi connectivity index (χ0) is 24.2. The first-order chi connectivity index (χ1) is 16.3. The van der Waals surface area contributed by atoms with E-state index in [-0.39, 0.29) is 12.5 Å². The van der Waals surface area contributed by atoms with Gasteiger partial charge in [-0.1, -0.05) is 60.1 Å². The summed E-state index contributed by atoms with van der Waals surface area (Å²) in [6.45, 7) is 1.03. The number of amides is 2. The normalized spacial score (nSPS) is 12.9. The fraction of sp³-hybridized carbons (Fsp3) is 0.192. The van der Waals surface area contributed by atoms with Crippen LogP contribution in [0.4, 0.5) is 10.5 Å². The molecule has 3 aromatic carbocycles. The fourth-order valence-corrected chi connectivity index (χ4v) is 4.29. The topological polar surface area (TPSA) is 95.9 Å². The van der Waals surface area contributed by atoms with Crippen molar-refractivity contribution in [1.82, 2.24) is 5.32 Å². The van der Waals surface area contributed by atoms with Crippen LogP contribution in [0.25, 0.3) is 11.1 Å². The van der Waals surface area contributed by atoms with Crippen molar-refractivity contribution in [2.45, 2.75) is 18.9 Å². The molecule has 0 aromatic heterocycles. The Morgan fingerprint density at radius 2 is 1.53 bits per heavy atom. The Labute approximate surface area is 201 Å². The summed E-state index contributed by atoms with van der Waals surface area (Å²) in [5, 5.41) is 12.2. The lowest BCUT2D eigenvalue weighted by atomic mass is 9.98. The lowest BCUT2D eigenvalue weighted by molar-refractivity contribution is -0.136. The van der Waals surface area contributed by atoms with Gasteiger partial charge in [0.15, 0.2) is 0 Å². The Bertz CT molecular complexity index is 1180. The molecule has 1 aliphatic carbocycles. The van der Waals surface area contributed by atoms with Crippen LogP contribution in [0, 0.1) is 0 Å². The van der Waals surface area contributed by atoms with Gasteiger partial charge in [0, 0.05) is 16.6 Å². The summed E-state index contributed by atoms with van der Waals surface area (Å²) in [5.74, 6) is -1.88. The number of benzene rings is 3. The number of alkyl carbamates (subject to hydrolysis) is 1. The van der Waals surface area contributed by atoms with E-state index in [1.165, 1.54) is 6.92 Å². The number of carboxylic acid groups (broad SMARTS) is 1. The number of fused-ring (bicyclic) bond motifs is 3. The number of hydrogen-bond acceptors (Lipinski definition) is 4. The molecule has 0 bridgehead atoms. The van der Waals surface area contributed by atoms with Crippen molar-refractivity contribution >= 4 is 35.3 Å². The first-order valence-corrected chi connectivity index (χ1v) is 11.1. The number of anilines is 1. The zero-order valence-electron chi connectivity index (χ0n) is 18.4. The molecule has 34 heavy (non-hydrogen) atoms. The Morgan fingerprint density at radius 1 is 0.971 bits per heavy atom. The number of rotatable bonds is 7. The van der Waals surface area contributed by atoms with Crippen molar-refractivity contribution < 1.29 is 24.2 Å². The molecule has 1 atom stereocenters. The van der Waals surface area contributed by atoms with Crippen LogP contribution in [-0.2, 0) is 14.3 Å². The van der Waals surface area contributed by atoms with Crippen molar-refractivity contribution in [3.8, 4) is 11.1 Å². The van der Waals surface area contributed by atoms with Crippen molar-refractivity contribution in [2.24, 2.45) is 0 Å². The molecule has 0 spiro atoms. The van der Waals surface area contributed by atoms with Gasteiger partial charge < -0.3 is 15.2 Å². The minimum absolute atomic E-state index is 0.108. The molecule has 0 saturated heterocycles. The summed E-state index contributed by atoms with van der Waals surface area (Å²) < 4.78 is 5.49. The minimum Gasteiger partial charge on any atom is -0.480 e. The summed E-state index contributed by atoms with van der Waals surface area (Å²) in [6.07, 6.45) is -0.755. The van der Waals surface area contributed by atoms with Crippen molar-refractivity contribution in [3.05, 3.63) is 88.9 Å². The molecule has 0 heterocycles. The number of carbonyl (C=O) groups is 3. The van der Waals surface area contributed by atoms with Gasteiger partial charge in [0.2, 0.25) is 5.91 Å². The SMILES string of the molecule is CC(NC(=O)OCC1c2ccccc2-c2ccccc21)C(=O)N(CC(=O)O)c1ccc(Cl)cc1. The quantitative estimate of drug-likeness (QED) is 0.513. The monoisotopic (exact) mass is 478 g/mol. The van der Waals surface area contributed by atoms with Crippen LogP contribution in [0.1, 0.15) is 24.0 Å². The molecule has 3 aromatic rings. The fourth-order valence-electron chi connectivity index (χ4n) is 4.17. The molecule has 0 fully saturated rings. The van der Waals surface area contributed by atoms with Gasteiger partial charge in [-0.25, -0.2) is 4.79 Å². The highest BCUT2D eigenvalue weighted by atomic mass is 35.5. The van der Waals surface area contributed by atoms with E-state index in [0.29, 0.717) is 10.7 Å². The van der Waals surface area contributed by atoms with E-state index in [4.69, 9.17) is 16.3 Å². The predicted molar refractivity (Wildman–Crippen MR) is 129 cm³/mol. The molecule has 0 saturated carbocycles. The van der Waals surface area contributed by atoms with E-state index < -0.39 is 30.6 Å². The molecule has 2 amide bonds. The highest BCUT2D eigenvalue weighted by Gasteiger charge is 2.30. The van der Waals surface area contributed by atoms with Crippen LogP contribution in [0.2, 0.25) is 5.02 Å². The van der Waals surface area contributed by atoms with Crippen molar-refractivity contribution in [2.75, 3.05) is 18.1 Å². The van der Waals surface area contributed by atoms with Crippen LogP contribution >= 0.6 is 11.6 Å². The number of aliphatic carboxylic acids is 1. The third-order valence-corrected chi connectivity index (χ3v) is 6.00. The Hall–Kier alpha value is -3.84. The first-order valence-electron chi connectivity index (χ1n) is 10.8. The lowest BCUT2D eigenvalue weighted by Crippen LogP contribution is -2.49. The Kier molecular flexibility index (Phi) is 6.84. The van der Waals surface area contributed by atoms with Crippen LogP contribution in [0.3, 0.4) is 0 Å². The molecule has 4 rings (SSSR count). The van der Waals surface area contributed by atoms with Crippen molar-refractivity contribution in [3.63, 3.8) is 0 Å². The number of nitrogens with zero attached hydrogens (tertiary/aromatic N) is 1. The van der Waals surface area contributed by atoms with Gasteiger partial charge in [0.1, 0.15) is 19.2 Å². The van der Waals surface area contributed by atoms with Gasteiger partial charge >= 0.3 is 12.1 Å². The number of ether oxygens (including phenoxy) is 1. The van der Waals surface area contributed by atoms with Gasteiger partial charge in [-0.15, -0.1) is 0 Å². The standard InChI is InChI=1S/C26H23ClN2O5/c1-16(25(32)29(14-24(30)31)18-12-10-17(27)11-13-18)28-26(33)34-15-23-21-8-4-2-6-19(21)20-7-3-5-9-22(20)23/h2-13,16,23H,14-15H2,1H3,(H,28,33)(H,30,31). The highest BCUT2D eigenvalue weighted by Crippen LogP contribution is 2.44. The maximum Gasteiger partial charge on any atom is 0.407 e. The molecule has 174 valence electrons. The summed E-state index contributed by atoms with van der Waals surface area (Å²) in [7, 11) is 0. The number of nitrogens with one attached hydrogen (secondary N) is 1. The molecule has 1 unspecified atom stereocenters. The summed E-state index contributed by atoms with van der Waals surface area (Å²) in [6, 6.07) is 21.2. The molecule has 0 radical (unpaired) electrons. The predicted octanol–water partition coefficient (Wildman–Crippen LogP) is 4.68. The first kappa shape index (κ1) is 23.3. The van der Waals surface area contributed by atoms with E-state index in [2.05, 4.69) is 5.32 Å². The van der Waals surface area contributed by atoms with Gasteiger partial charge in [0.05, 0.1) is 0 Å². The second-order valence-electron chi connectivity index (χ2n) is 7.99. The van der Waals surface area contributed by atoms with Gasteiger partial charge in [-0.2, -0.15) is 0 Å². The summed E-state index contributed by atoms with van der Waals surface area (Å²) in [5.41, 5.74) is 4.75. The van der Waals surface area contributed by atoms with E-state index in [0.717, 1.165) is 27.2 Å². The van der Waals surface area contributed by atoms with E-state index in [1.54, 1.807) is 24.3 Å². The third-order valence-electron chi connectivity index (χ3n) is 5.75. The van der Waals surface area contributed by atoms with E-state index in [1.807, 2.05) is 48.5 Å². The molecule has 1 aliphatic rings. The number of hydrogen-bond donors (Lipinski definition) is 2. The van der Waals surface area contributed by atoms with Crippen LogP contribution in [-0.4, -0.2) is 42.3 Å². The number of carboxylic acids is 1. The van der Waals surface area contributed by atoms with Gasteiger partial charge in [-0.3, -0.25) is 14.5 Å². The average Bonchev–Trinajstić information content (AvgIpc) is 3.15. The highest BCUT2D eigenvalue weighted by molar-refractivity contribution is 6.30. The second-order valence-corrected chi connectivity index (χ2v) is 8.42. The second kappa shape index (κ2) is 9.97. The molecule has 2 N–H and O–H groups in total. The third kappa shape index (κ3) is 4.89. The van der Waals surface area contributed by atoms with Crippen LogP contribution in [0.15, 0.2) is 72.8 Å². The molecular weight excluding hydrogens is 456 g/mol.